The molecule has 1 saturated heterocycles. The molecular formula is C23H28N2O7S. The van der Waals surface area contributed by atoms with Gasteiger partial charge < -0.3 is 29.9 Å². The summed E-state index contributed by atoms with van der Waals surface area (Å²) in [4.78, 5) is 39.2. The lowest BCUT2D eigenvalue weighted by molar-refractivity contribution is -0.185. The van der Waals surface area contributed by atoms with E-state index in [0.29, 0.717) is 30.8 Å². The molecule has 2 heterocycles. The Morgan fingerprint density at radius 2 is 2.18 bits per heavy atom. The van der Waals surface area contributed by atoms with E-state index in [1.165, 1.54) is 11.8 Å². The van der Waals surface area contributed by atoms with Crippen LogP contribution in [0.3, 0.4) is 0 Å². The Kier molecular flexibility index (Phi) is 5.37. The first-order valence-corrected chi connectivity index (χ1v) is 12.6. The summed E-state index contributed by atoms with van der Waals surface area (Å²) in [6, 6.07) is 2.30. The molecule has 10 heteroatoms. The standard InChI is InChI=1S/C23H28N2O7S/c1-25-9-8-22-17-12-3-4-15(31-21(29)24-13(20(27)28)6-10-33-2)18(17)32-19(22)14(26)5-7-23(22,30)16(25)11-12/h3-4,13,16,19,30H,5-11H2,1-2H3,(H,24,29)(H,27,28)/t13-,16-,19+,22?,23-/m1/s1. The highest BCUT2D eigenvalue weighted by atomic mass is 32.2. The van der Waals surface area contributed by atoms with Crippen molar-refractivity contribution in [2.45, 2.75) is 61.3 Å². The van der Waals surface area contributed by atoms with Crippen LogP contribution < -0.4 is 14.8 Å². The predicted octanol–water partition coefficient (Wildman–Crippen LogP) is 1.33. The number of hydrogen-bond donors (Lipinski definition) is 3. The number of hydrogen-bond acceptors (Lipinski definition) is 8. The largest absolute Gasteiger partial charge is 0.480 e. The average Bonchev–Trinajstić information content (AvgIpc) is 3.13. The zero-order chi connectivity index (χ0) is 23.5. The molecule has 178 valence electrons. The summed E-state index contributed by atoms with van der Waals surface area (Å²) in [6.45, 7) is 0.723. The maximum absolute atomic E-state index is 13.0. The van der Waals surface area contributed by atoms with Crippen molar-refractivity contribution in [3.05, 3.63) is 23.3 Å². The van der Waals surface area contributed by atoms with Crippen molar-refractivity contribution in [3.63, 3.8) is 0 Å². The van der Waals surface area contributed by atoms with Gasteiger partial charge in [0, 0.05) is 18.0 Å². The van der Waals surface area contributed by atoms with Gasteiger partial charge in [0.15, 0.2) is 23.4 Å². The number of nitrogens with one attached hydrogen (secondary N) is 1. The summed E-state index contributed by atoms with van der Waals surface area (Å²) in [5.41, 5.74) is -0.209. The van der Waals surface area contributed by atoms with Crippen molar-refractivity contribution in [3.8, 4) is 11.5 Å². The zero-order valence-electron chi connectivity index (χ0n) is 18.6. The number of carboxylic acid groups (broad SMARTS) is 1. The molecule has 4 aliphatic rings. The van der Waals surface area contributed by atoms with Crippen LogP contribution in [-0.2, 0) is 21.4 Å². The van der Waals surface area contributed by atoms with Gasteiger partial charge in [-0.15, -0.1) is 0 Å². The Bertz CT molecular complexity index is 1030. The number of aliphatic carboxylic acids is 1. The summed E-state index contributed by atoms with van der Waals surface area (Å²) in [5, 5.41) is 23.8. The van der Waals surface area contributed by atoms with E-state index in [1.807, 2.05) is 19.4 Å². The third-order valence-electron chi connectivity index (χ3n) is 7.91. The zero-order valence-corrected chi connectivity index (χ0v) is 19.4. The Labute approximate surface area is 195 Å². The fraction of sp³-hybridized carbons (Fsp3) is 0.609. The number of amides is 1. The molecule has 1 aromatic rings. The van der Waals surface area contributed by atoms with Crippen LogP contribution in [0.25, 0.3) is 0 Å². The van der Waals surface area contributed by atoms with E-state index in [2.05, 4.69) is 10.2 Å². The first kappa shape index (κ1) is 22.5. The van der Waals surface area contributed by atoms with Crippen molar-refractivity contribution < 1.29 is 34.1 Å². The summed E-state index contributed by atoms with van der Waals surface area (Å²) in [6.07, 6.45) is 2.21. The van der Waals surface area contributed by atoms with E-state index < -0.39 is 35.2 Å². The molecule has 2 fully saturated rings. The summed E-state index contributed by atoms with van der Waals surface area (Å²) in [7, 11) is 2.00. The number of piperidine rings is 1. The topological polar surface area (TPSA) is 125 Å². The maximum Gasteiger partial charge on any atom is 0.413 e. The molecule has 1 aromatic carbocycles. The summed E-state index contributed by atoms with van der Waals surface area (Å²) >= 11 is 1.49. The number of thioether (sulfide) groups is 1. The number of likely N-dealkylation sites (tertiary alicyclic amines) is 1. The van der Waals surface area contributed by atoms with Gasteiger partial charge in [0.05, 0.1) is 11.0 Å². The van der Waals surface area contributed by atoms with Gasteiger partial charge in [-0.2, -0.15) is 11.8 Å². The summed E-state index contributed by atoms with van der Waals surface area (Å²) in [5.74, 6) is -0.155. The Hall–Kier alpha value is -2.30. The van der Waals surface area contributed by atoms with Crippen molar-refractivity contribution in [2.24, 2.45) is 0 Å². The number of carbonyl (C=O) groups is 3. The lowest BCUT2D eigenvalue weighted by Crippen LogP contribution is -2.76. The molecule has 0 aromatic heterocycles. The van der Waals surface area contributed by atoms with Crippen LogP contribution >= 0.6 is 11.8 Å². The highest BCUT2D eigenvalue weighted by Crippen LogP contribution is 2.64. The van der Waals surface area contributed by atoms with E-state index in [9.17, 15) is 24.6 Å². The van der Waals surface area contributed by atoms with Gasteiger partial charge in [0.2, 0.25) is 0 Å². The van der Waals surface area contributed by atoms with Gasteiger partial charge in [-0.1, -0.05) is 6.07 Å². The van der Waals surface area contributed by atoms with Crippen LogP contribution in [0.2, 0.25) is 0 Å². The molecular weight excluding hydrogens is 448 g/mol. The van der Waals surface area contributed by atoms with E-state index >= 15 is 0 Å². The molecule has 1 saturated carbocycles. The van der Waals surface area contributed by atoms with Crippen molar-refractivity contribution in [2.75, 3.05) is 25.6 Å². The first-order chi connectivity index (χ1) is 15.7. The quantitative estimate of drug-likeness (QED) is 0.558. The van der Waals surface area contributed by atoms with Crippen LogP contribution in [0.15, 0.2) is 12.1 Å². The lowest BCUT2D eigenvalue weighted by Gasteiger charge is -2.61. The SMILES string of the molecule is CSCC[C@@H](NC(=O)Oc1ccc2c3c1O[C@H]1C(=O)CC[C@@]4(O)[C@@H](C2)N(C)CCC314)C(=O)O. The lowest BCUT2D eigenvalue weighted by atomic mass is 9.49. The van der Waals surface area contributed by atoms with Gasteiger partial charge in [-0.25, -0.2) is 9.59 Å². The third kappa shape index (κ3) is 3.10. The monoisotopic (exact) mass is 476 g/mol. The molecule has 1 spiro atoms. The minimum atomic E-state index is -1.13. The number of Topliss-reactive ketones (excluding diaryl/α,β-unsaturated/α-hetero) is 1. The Balaban J connectivity index is 1.50. The molecule has 5 rings (SSSR count). The fourth-order valence-electron chi connectivity index (χ4n) is 6.37. The molecule has 1 unspecified atom stereocenters. The van der Waals surface area contributed by atoms with E-state index in [4.69, 9.17) is 9.47 Å². The molecule has 9 nitrogen and oxygen atoms in total. The first-order valence-electron chi connectivity index (χ1n) is 11.2. The molecule has 2 aliphatic heterocycles. The molecule has 3 N–H and O–H groups in total. The van der Waals surface area contributed by atoms with Crippen LogP contribution in [0.5, 0.6) is 11.5 Å². The molecule has 0 radical (unpaired) electrons. The second kappa shape index (κ2) is 7.89. The molecule has 2 aliphatic carbocycles. The van der Waals surface area contributed by atoms with Crippen LogP contribution in [-0.4, -0.2) is 82.3 Å². The van der Waals surface area contributed by atoms with E-state index in [1.54, 1.807) is 6.07 Å². The van der Waals surface area contributed by atoms with Crippen LogP contribution in [0, 0.1) is 0 Å². The maximum atomic E-state index is 13.0. The molecule has 2 bridgehead atoms. The van der Waals surface area contributed by atoms with Crippen molar-refractivity contribution in [1.82, 2.24) is 10.2 Å². The Morgan fingerprint density at radius 1 is 1.39 bits per heavy atom. The number of ether oxygens (including phenoxy) is 2. The number of carbonyl (C=O) groups excluding carboxylic acids is 2. The molecule has 5 atom stereocenters. The van der Waals surface area contributed by atoms with Crippen LogP contribution in [0.1, 0.15) is 36.8 Å². The number of carboxylic acids is 1. The van der Waals surface area contributed by atoms with Gasteiger partial charge in [0.1, 0.15) is 6.04 Å². The minimum absolute atomic E-state index is 0.0505. The van der Waals surface area contributed by atoms with Gasteiger partial charge in [-0.05, 0) is 62.9 Å². The van der Waals surface area contributed by atoms with Gasteiger partial charge >= 0.3 is 12.1 Å². The smallest absolute Gasteiger partial charge is 0.413 e. The normalized spacial score (nSPS) is 32.5. The van der Waals surface area contributed by atoms with Gasteiger partial charge in [0.25, 0.3) is 0 Å². The fourth-order valence-corrected chi connectivity index (χ4v) is 6.84. The third-order valence-corrected chi connectivity index (χ3v) is 8.56. The average molecular weight is 477 g/mol. The number of aliphatic hydroxyl groups is 1. The van der Waals surface area contributed by atoms with Crippen LogP contribution in [0.4, 0.5) is 4.79 Å². The summed E-state index contributed by atoms with van der Waals surface area (Å²) < 4.78 is 11.7. The predicted molar refractivity (Wildman–Crippen MR) is 120 cm³/mol. The second-order valence-corrected chi connectivity index (χ2v) is 10.4. The van der Waals surface area contributed by atoms with E-state index in [-0.39, 0.29) is 30.4 Å². The highest BCUT2D eigenvalue weighted by Gasteiger charge is 2.72. The van der Waals surface area contributed by atoms with Gasteiger partial charge in [-0.3, -0.25) is 4.79 Å². The molecule has 1 amide bonds. The Morgan fingerprint density at radius 3 is 2.91 bits per heavy atom. The van der Waals surface area contributed by atoms with Crippen molar-refractivity contribution in [1.29, 1.82) is 0 Å². The highest BCUT2D eigenvalue weighted by molar-refractivity contribution is 7.98. The number of rotatable bonds is 6. The molecule has 33 heavy (non-hydrogen) atoms. The minimum Gasteiger partial charge on any atom is -0.480 e. The second-order valence-electron chi connectivity index (χ2n) is 9.44. The van der Waals surface area contributed by atoms with E-state index in [0.717, 1.165) is 17.7 Å². The number of benzene rings is 1. The number of ketones is 1. The number of nitrogens with zero attached hydrogens (tertiary/aromatic N) is 1. The number of likely N-dealkylation sites (N-methyl/N-ethyl adjacent to an activating group) is 1. The van der Waals surface area contributed by atoms with Crippen molar-refractivity contribution >= 4 is 29.6 Å².